The van der Waals surface area contributed by atoms with Crippen LogP contribution in [-0.2, 0) is 35.3 Å². The van der Waals surface area contributed by atoms with Gasteiger partial charge in [-0.2, -0.15) is 0 Å². The summed E-state index contributed by atoms with van der Waals surface area (Å²) in [5.41, 5.74) is 0.698. The Morgan fingerprint density at radius 2 is 1.88 bits per heavy atom. The number of rotatable bonds is 15. The second-order valence-electron chi connectivity index (χ2n) is 13.3. The highest BCUT2D eigenvalue weighted by molar-refractivity contribution is 9.09. The fourth-order valence-electron chi connectivity index (χ4n) is 7.88. The van der Waals surface area contributed by atoms with E-state index in [2.05, 4.69) is 39.4 Å². The van der Waals surface area contributed by atoms with Crippen molar-refractivity contribution >= 4 is 50.7 Å². The minimum atomic E-state index is -1.37. The van der Waals surface area contributed by atoms with Crippen molar-refractivity contribution in [3.8, 4) is 0 Å². The Labute approximate surface area is 305 Å². The zero-order valence-corrected chi connectivity index (χ0v) is 30.3. The number of benzene rings is 2. The predicted octanol–water partition coefficient (Wildman–Crippen LogP) is 3.24. The molecule has 0 aliphatic carbocycles. The lowest BCUT2D eigenvalue weighted by atomic mass is 9.70. The van der Waals surface area contributed by atoms with Crippen molar-refractivity contribution in [2.24, 2.45) is 11.8 Å². The van der Waals surface area contributed by atoms with Gasteiger partial charge < -0.3 is 29.3 Å². The van der Waals surface area contributed by atoms with Crippen LogP contribution in [0.4, 0.5) is 0 Å². The van der Waals surface area contributed by atoms with E-state index < -0.39 is 66.1 Å². The van der Waals surface area contributed by atoms with E-state index in [1.807, 2.05) is 61.5 Å². The van der Waals surface area contributed by atoms with Gasteiger partial charge in [0.2, 0.25) is 17.7 Å². The maximum atomic E-state index is 14.7. The minimum absolute atomic E-state index is 0.0199. The summed E-state index contributed by atoms with van der Waals surface area (Å²) in [4.78, 5) is 60.6. The van der Waals surface area contributed by atoms with E-state index in [0.717, 1.165) is 5.52 Å². The topological polar surface area (TPSA) is 147 Å². The number of aliphatic hydroxyl groups is 1. The van der Waals surface area contributed by atoms with Crippen molar-refractivity contribution < 1.29 is 33.8 Å². The summed E-state index contributed by atoms with van der Waals surface area (Å²) < 4.78 is 14.5. The number of carbonyl (C=O) groups is 4. The van der Waals surface area contributed by atoms with E-state index in [9.17, 15) is 24.3 Å². The van der Waals surface area contributed by atoms with E-state index in [1.165, 1.54) is 9.80 Å². The molecular weight excluding hydrogens is 720 g/mol. The van der Waals surface area contributed by atoms with Crippen LogP contribution in [0.2, 0.25) is 0 Å². The first kappa shape index (κ1) is 36.4. The zero-order valence-electron chi connectivity index (χ0n) is 28.7. The Hall–Kier alpha value is -4.40. The number of hydrogen-bond donors (Lipinski definition) is 1. The van der Waals surface area contributed by atoms with Crippen molar-refractivity contribution in [2.75, 3.05) is 26.7 Å². The lowest BCUT2D eigenvalue weighted by Gasteiger charge is -2.37. The number of halogens is 1. The van der Waals surface area contributed by atoms with Gasteiger partial charge in [0.1, 0.15) is 29.9 Å². The van der Waals surface area contributed by atoms with Crippen molar-refractivity contribution in [2.45, 2.75) is 67.6 Å². The van der Waals surface area contributed by atoms with Crippen LogP contribution in [0.3, 0.4) is 0 Å². The normalized spacial score (nSPS) is 26.1. The largest absolute Gasteiger partial charge is 0.455 e. The quantitative estimate of drug-likeness (QED) is 0.140. The predicted molar refractivity (Wildman–Crippen MR) is 191 cm³/mol. The third-order valence-corrected chi connectivity index (χ3v) is 11.2. The van der Waals surface area contributed by atoms with Gasteiger partial charge in [0.05, 0.1) is 36.1 Å². The number of aliphatic hydroxyl groups excluding tert-OH is 1. The Kier molecular flexibility index (Phi) is 10.7. The lowest BCUT2D eigenvalue weighted by Crippen LogP contribution is -2.57. The molecule has 1 unspecified atom stereocenters. The molecule has 4 heterocycles. The third-order valence-electron chi connectivity index (χ3n) is 10.4. The SMILES string of the molecule is C=CCCC(=O)N(C)[C@H](C)[C@H](OC(=O)[C@@H]1[C@H]2O[C@@]3(CC2Br)[C@H](C(=O)N(CC=C)Cn2nnc4ccccc42)N(CCO)C(=O)[C@@H]13)c1ccccc1. The molecule has 270 valence electrons. The highest BCUT2D eigenvalue weighted by Gasteiger charge is 2.77. The molecule has 0 radical (unpaired) electrons. The smallest absolute Gasteiger partial charge is 0.313 e. The monoisotopic (exact) mass is 762 g/mol. The number of amides is 3. The molecule has 3 fully saturated rings. The first-order valence-electron chi connectivity index (χ1n) is 17.1. The van der Waals surface area contributed by atoms with Crippen LogP contribution in [0, 0.1) is 11.8 Å². The molecule has 2 bridgehead atoms. The van der Waals surface area contributed by atoms with Crippen LogP contribution < -0.4 is 0 Å². The van der Waals surface area contributed by atoms with E-state index in [0.29, 0.717) is 17.5 Å². The number of nitrogens with zero attached hydrogens (tertiary/aromatic N) is 6. The number of aromatic nitrogens is 3. The average molecular weight is 764 g/mol. The van der Waals surface area contributed by atoms with E-state index >= 15 is 0 Å². The van der Waals surface area contributed by atoms with Crippen LogP contribution in [0.25, 0.3) is 11.0 Å². The number of likely N-dealkylation sites (tertiary alicyclic amines) is 1. The second-order valence-corrected chi connectivity index (χ2v) is 14.5. The molecule has 1 N–H and O–H groups in total. The standard InChI is InChI=1S/C37H43BrN6O7/c1-5-7-17-28(46)41(4)23(3)31(24-13-9-8-10-14-24)50-36(49)29-30-34(47)43(19-20-45)33(37(30)21-25(38)32(29)51-37)35(48)42(18-6-2)22-44-27-16-12-11-15-26(27)39-40-44/h5-6,8-16,23,25,29-33,45H,1-2,7,17-22H2,3-4H3/t23-,25?,29+,30-,31+,32+,33+,37-/m1/s1. The number of fused-ring (bicyclic) bond motifs is 2. The van der Waals surface area contributed by atoms with E-state index in [4.69, 9.17) is 9.47 Å². The van der Waals surface area contributed by atoms with E-state index in [1.54, 1.807) is 28.8 Å². The van der Waals surface area contributed by atoms with Gasteiger partial charge in [-0.25, -0.2) is 4.68 Å². The molecule has 51 heavy (non-hydrogen) atoms. The van der Waals surface area contributed by atoms with Gasteiger partial charge in [-0.3, -0.25) is 19.2 Å². The van der Waals surface area contributed by atoms with Gasteiger partial charge in [0.15, 0.2) is 0 Å². The fraction of sp³-hybridized carbons (Fsp3) is 0.459. The summed E-state index contributed by atoms with van der Waals surface area (Å²) >= 11 is 3.70. The second kappa shape index (κ2) is 15.1. The molecule has 14 heteroatoms. The molecule has 6 rings (SSSR count). The molecule has 3 aromatic rings. The molecule has 13 nitrogen and oxygen atoms in total. The van der Waals surface area contributed by atoms with Crippen molar-refractivity contribution in [3.05, 3.63) is 85.5 Å². The molecule has 3 aliphatic heterocycles. The lowest BCUT2D eigenvalue weighted by molar-refractivity contribution is -0.164. The summed E-state index contributed by atoms with van der Waals surface area (Å²) in [5, 5.41) is 18.5. The van der Waals surface area contributed by atoms with Crippen LogP contribution in [-0.4, -0.2) is 114 Å². The summed E-state index contributed by atoms with van der Waals surface area (Å²) in [5.74, 6) is -3.77. The maximum absolute atomic E-state index is 14.7. The summed E-state index contributed by atoms with van der Waals surface area (Å²) in [6.07, 6.45) is 2.69. The maximum Gasteiger partial charge on any atom is 0.313 e. The van der Waals surface area contributed by atoms with Crippen LogP contribution >= 0.6 is 15.9 Å². The van der Waals surface area contributed by atoms with Crippen molar-refractivity contribution in [3.63, 3.8) is 0 Å². The van der Waals surface area contributed by atoms with Crippen LogP contribution in [0.15, 0.2) is 79.9 Å². The summed E-state index contributed by atoms with van der Waals surface area (Å²) in [6.45, 7) is 8.98. The molecular formula is C37H43BrN6O7. The number of β-amino-alcohol motifs (C(OH)–C–C–N with tert-alkyl or cyclic N) is 1. The van der Waals surface area contributed by atoms with Gasteiger partial charge in [0.25, 0.3) is 0 Å². The Morgan fingerprint density at radius 1 is 1.16 bits per heavy atom. The van der Waals surface area contributed by atoms with Gasteiger partial charge >= 0.3 is 5.97 Å². The highest BCUT2D eigenvalue weighted by Crippen LogP contribution is 2.60. The number of esters is 1. The molecule has 3 saturated heterocycles. The number of para-hydroxylation sites is 1. The Morgan fingerprint density at radius 3 is 2.59 bits per heavy atom. The Bertz CT molecular complexity index is 1800. The first-order valence-corrected chi connectivity index (χ1v) is 18.0. The van der Waals surface area contributed by atoms with Gasteiger partial charge in [-0.1, -0.05) is 75.8 Å². The van der Waals surface area contributed by atoms with Crippen molar-refractivity contribution in [1.82, 2.24) is 29.7 Å². The first-order chi connectivity index (χ1) is 24.6. The number of likely N-dealkylation sites (N-methyl/N-ethyl adjacent to an activating group) is 1. The molecule has 0 saturated carbocycles. The number of alkyl halides is 1. The molecule has 8 atom stereocenters. The molecule has 3 aliphatic rings. The third kappa shape index (κ3) is 6.49. The van der Waals surface area contributed by atoms with Crippen LogP contribution in [0.1, 0.15) is 37.9 Å². The summed E-state index contributed by atoms with van der Waals surface area (Å²) in [6, 6.07) is 14.8. The molecule has 1 spiro atoms. The zero-order chi connectivity index (χ0) is 36.4. The number of carbonyl (C=O) groups excluding carboxylic acids is 4. The molecule has 1 aromatic heterocycles. The van der Waals surface area contributed by atoms with Crippen molar-refractivity contribution in [1.29, 1.82) is 0 Å². The Balaban J connectivity index is 1.32. The van der Waals surface area contributed by atoms with Gasteiger partial charge in [0, 0.05) is 31.4 Å². The highest BCUT2D eigenvalue weighted by atomic mass is 79.9. The fourth-order valence-corrected chi connectivity index (χ4v) is 8.82. The number of hydrogen-bond acceptors (Lipinski definition) is 9. The van der Waals surface area contributed by atoms with Gasteiger partial charge in [-0.05, 0) is 37.5 Å². The molecule has 3 amide bonds. The van der Waals surface area contributed by atoms with Crippen LogP contribution in [0.5, 0.6) is 0 Å². The summed E-state index contributed by atoms with van der Waals surface area (Å²) in [7, 11) is 1.67. The molecule has 2 aromatic carbocycles. The van der Waals surface area contributed by atoms with Gasteiger partial charge in [-0.15, -0.1) is 18.3 Å². The van der Waals surface area contributed by atoms with E-state index in [-0.39, 0.29) is 43.3 Å². The average Bonchev–Trinajstić information content (AvgIpc) is 3.86. The minimum Gasteiger partial charge on any atom is -0.455 e. The number of ether oxygens (including phenoxy) is 2. The number of allylic oxidation sites excluding steroid dienone is 1.